The first-order valence-corrected chi connectivity index (χ1v) is 8.34. The van der Waals surface area contributed by atoms with Gasteiger partial charge in [-0.2, -0.15) is 19.3 Å². The van der Waals surface area contributed by atoms with Crippen LogP contribution >= 0.6 is 23.4 Å². The van der Waals surface area contributed by atoms with Crippen molar-refractivity contribution in [1.82, 2.24) is 15.0 Å². The Morgan fingerprint density at radius 2 is 2.12 bits per heavy atom. The van der Waals surface area contributed by atoms with E-state index in [0.29, 0.717) is 10.9 Å². The molecule has 2 aromatic rings. The highest BCUT2D eigenvalue weighted by molar-refractivity contribution is 7.99. The van der Waals surface area contributed by atoms with Crippen LogP contribution in [0.3, 0.4) is 0 Å². The monoisotopic (exact) mass is 376 g/mol. The van der Waals surface area contributed by atoms with E-state index in [4.69, 9.17) is 21.4 Å². The maximum atomic E-state index is 13.4. The molecule has 0 saturated carbocycles. The lowest BCUT2D eigenvalue weighted by Gasteiger charge is -2.11. The van der Waals surface area contributed by atoms with Gasteiger partial charge < -0.3 is 15.2 Å². The largest absolute Gasteiger partial charge is 0.490 e. The first-order chi connectivity index (χ1) is 11.5. The SMILES string of the molecule is C[C@H](CO)Nc1nc(Cl)nc(SCCOc2cccc(F)c2F)n1. The van der Waals surface area contributed by atoms with Gasteiger partial charge >= 0.3 is 0 Å². The molecule has 1 atom stereocenters. The zero-order valence-electron chi connectivity index (χ0n) is 12.7. The van der Waals surface area contributed by atoms with Gasteiger partial charge in [0.2, 0.25) is 17.0 Å². The summed E-state index contributed by atoms with van der Waals surface area (Å²) in [5, 5.41) is 12.2. The number of anilines is 1. The van der Waals surface area contributed by atoms with Crippen molar-refractivity contribution in [3.63, 3.8) is 0 Å². The third-order valence-corrected chi connectivity index (χ3v) is 3.71. The molecule has 0 spiro atoms. The van der Waals surface area contributed by atoms with Crippen molar-refractivity contribution in [2.45, 2.75) is 18.1 Å². The lowest BCUT2D eigenvalue weighted by Crippen LogP contribution is -2.21. The van der Waals surface area contributed by atoms with Crippen LogP contribution in [-0.4, -0.2) is 45.1 Å². The molecule has 130 valence electrons. The van der Waals surface area contributed by atoms with Gasteiger partial charge in [-0.1, -0.05) is 17.8 Å². The Bertz CT molecular complexity index is 696. The number of aliphatic hydroxyl groups is 1. The van der Waals surface area contributed by atoms with Crippen molar-refractivity contribution in [1.29, 1.82) is 0 Å². The number of hydrogen-bond donors (Lipinski definition) is 2. The minimum Gasteiger partial charge on any atom is -0.490 e. The summed E-state index contributed by atoms with van der Waals surface area (Å²) in [6, 6.07) is 3.50. The maximum absolute atomic E-state index is 13.4. The molecule has 0 fully saturated rings. The summed E-state index contributed by atoms with van der Waals surface area (Å²) >= 11 is 7.05. The number of ether oxygens (including phenoxy) is 1. The fraction of sp³-hybridized carbons (Fsp3) is 0.357. The number of aliphatic hydroxyl groups excluding tert-OH is 1. The van der Waals surface area contributed by atoms with E-state index >= 15 is 0 Å². The molecule has 0 saturated heterocycles. The lowest BCUT2D eigenvalue weighted by atomic mass is 10.3. The van der Waals surface area contributed by atoms with Gasteiger partial charge in [0.05, 0.1) is 13.2 Å². The van der Waals surface area contributed by atoms with Gasteiger partial charge in [0, 0.05) is 11.8 Å². The minimum absolute atomic E-state index is 0.0113. The van der Waals surface area contributed by atoms with Crippen molar-refractivity contribution < 1.29 is 18.6 Å². The van der Waals surface area contributed by atoms with Crippen LogP contribution in [0.5, 0.6) is 5.75 Å². The summed E-state index contributed by atoms with van der Waals surface area (Å²) in [5.41, 5.74) is 0. The Kier molecular flexibility index (Phi) is 6.95. The molecule has 0 amide bonds. The van der Waals surface area contributed by atoms with E-state index in [1.165, 1.54) is 23.9 Å². The maximum Gasteiger partial charge on any atom is 0.228 e. The number of nitrogens with zero attached hydrogens (tertiary/aromatic N) is 3. The van der Waals surface area contributed by atoms with Crippen LogP contribution in [-0.2, 0) is 0 Å². The fourth-order valence-electron chi connectivity index (χ4n) is 1.61. The average molecular weight is 377 g/mol. The predicted octanol–water partition coefficient (Wildman–Crippen LogP) is 2.77. The van der Waals surface area contributed by atoms with Crippen molar-refractivity contribution >= 4 is 29.3 Å². The second-order valence-electron chi connectivity index (χ2n) is 4.69. The van der Waals surface area contributed by atoms with Crippen LogP contribution in [0, 0.1) is 11.6 Å². The summed E-state index contributed by atoms with van der Waals surface area (Å²) in [6.45, 7) is 1.80. The third kappa shape index (κ3) is 5.43. The summed E-state index contributed by atoms with van der Waals surface area (Å²) < 4.78 is 31.7. The van der Waals surface area contributed by atoms with Crippen molar-refractivity contribution in [2.75, 3.05) is 24.3 Å². The van der Waals surface area contributed by atoms with Crippen LogP contribution in [0.4, 0.5) is 14.7 Å². The molecule has 1 aromatic carbocycles. The highest BCUT2D eigenvalue weighted by Crippen LogP contribution is 2.21. The zero-order valence-corrected chi connectivity index (χ0v) is 14.2. The predicted molar refractivity (Wildman–Crippen MR) is 87.6 cm³/mol. The van der Waals surface area contributed by atoms with Gasteiger partial charge in [-0.25, -0.2) is 4.39 Å². The van der Waals surface area contributed by atoms with E-state index in [2.05, 4.69) is 20.3 Å². The average Bonchev–Trinajstić information content (AvgIpc) is 2.54. The second-order valence-corrected chi connectivity index (χ2v) is 6.09. The molecule has 2 rings (SSSR count). The highest BCUT2D eigenvalue weighted by Gasteiger charge is 2.10. The van der Waals surface area contributed by atoms with Crippen LogP contribution in [0.15, 0.2) is 23.4 Å². The zero-order chi connectivity index (χ0) is 17.5. The molecule has 2 N–H and O–H groups in total. The van der Waals surface area contributed by atoms with Gasteiger partial charge in [-0.05, 0) is 30.7 Å². The fourth-order valence-corrected chi connectivity index (χ4v) is 2.47. The van der Waals surface area contributed by atoms with E-state index in [1.807, 2.05) is 0 Å². The lowest BCUT2D eigenvalue weighted by molar-refractivity contribution is 0.281. The molecular weight excluding hydrogens is 362 g/mol. The van der Waals surface area contributed by atoms with Crippen LogP contribution < -0.4 is 10.1 Å². The van der Waals surface area contributed by atoms with Crippen LogP contribution in [0.2, 0.25) is 5.28 Å². The Morgan fingerprint density at radius 3 is 2.88 bits per heavy atom. The smallest absolute Gasteiger partial charge is 0.228 e. The molecule has 6 nitrogen and oxygen atoms in total. The van der Waals surface area contributed by atoms with Crippen molar-refractivity contribution in [3.05, 3.63) is 35.1 Å². The van der Waals surface area contributed by atoms with Crippen LogP contribution in [0.25, 0.3) is 0 Å². The van der Waals surface area contributed by atoms with E-state index < -0.39 is 11.6 Å². The van der Waals surface area contributed by atoms with Crippen LogP contribution in [0.1, 0.15) is 6.92 Å². The molecule has 10 heteroatoms. The molecule has 0 aliphatic heterocycles. The number of thioether (sulfide) groups is 1. The topological polar surface area (TPSA) is 80.2 Å². The van der Waals surface area contributed by atoms with Gasteiger partial charge in [-0.15, -0.1) is 0 Å². The number of halogens is 3. The van der Waals surface area contributed by atoms with Gasteiger partial charge in [0.25, 0.3) is 0 Å². The molecular formula is C14H15ClF2N4O2S. The number of benzene rings is 1. The standard InChI is InChI=1S/C14H15ClF2N4O2S/c1-8(7-22)18-13-19-12(15)20-14(21-13)24-6-5-23-10-4-2-3-9(16)11(10)17/h2-4,8,22H,5-7H2,1H3,(H,18,19,20,21)/t8-/m1/s1. The number of nitrogens with one attached hydrogen (secondary N) is 1. The number of rotatable bonds is 8. The Morgan fingerprint density at radius 1 is 1.33 bits per heavy atom. The van der Waals surface area contributed by atoms with Gasteiger partial charge in [-0.3, -0.25) is 0 Å². The summed E-state index contributed by atoms with van der Waals surface area (Å²) in [5.74, 6) is -1.49. The molecule has 0 aliphatic rings. The second kappa shape index (κ2) is 8.95. The third-order valence-electron chi connectivity index (χ3n) is 2.73. The number of aromatic nitrogens is 3. The normalized spacial score (nSPS) is 12.0. The van der Waals surface area contributed by atoms with E-state index in [9.17, 15) is 8.78 Å². The highest BCUT2D eigenvalue weighted by atomic mass is 35.5. The van der Waals surface area contributed by atoms with Crippen molar-refractivity contribution in [2.24, 2.45) is 0 Å². The first-order valence-electron chi connectivity index (χ1n) is 6.98. The minimum atomic E-state index is -1.02. The van der Waals surface area contributed by atoms with E-state index in [1.54, 1.807) is 6.92 Å². The summed E-state index contributed by atoms with van der Waals surface area (Å²) in [7, 11) is 0. The molecule has 24 heavy (non-hydrogen) atoms. The van der Waals surface area contributed by atoms with E-state index in [-0.39, 0.29) is 36.2 Å². The molecule has 0 aliphatic carbocycles. The Hall–Kier alpha value is -1.71. The van der Waals surface area contributed by atoms with Gasteiger partial charge in [0.15, 0.2) is 16.7 Å². The molecule has 1 aromatic heterocycles. The molecule has 0 unspecified atom stereocenters. The Balaban J connectivity index is 1.89. The summed E-state index contributed by atoms with van der Waals surface area (Å²) in [4.78, 5) is 12.0. The molecule has 1 heterocycles. The molecule has 0 bridgehead atoms. The van der Waals surface area contributed by atoms with E-state index in [0.717, 1.165) is 6.07 Å². The first kappa shape index (κ1) is 18.6. The summed E-state index contributed by atoms with van der Waals surface area (Å²) in [6.07, 6.45) is 0. The molecule has 0 radical (unpaired) electrons. The number of hydrogen-bond acceptors (Lipinski definition) is 7. The van der Waals surface area contributed by atoms with Gasteiger partial charge in [0.1, 0.15) is 0 Å². The Labute approximate surface area is 146 Å². The quantitative estimate of drug-likeness (QED) is 0.541. The van der Waals surface area contributed by atoms with Crippen molar-refractivity contribution in [3.8, 4) is 5.75 Å².